The second-order valence-electron chi connectivity index (χ2n) is 9.60. The van der Waals surface area contributed by atoms with Gasteiger partial charge in [0.25, 0.3) is 5.91 Å². The van der Waals surface area contributed by atoms with Crippen molar-refractivity contribution in [1.29, 1.82) is 0 Å². The Morgan fingerprint density at radius 3 is 2.77 bits per heavy atom. The van der Waals surface area contributed by atoms with Gasteiger partial charge in [0.05, 0.1) is 34.7 Å². The van der Waals surface area contributed by atoms with E-state index in [9.17, 15) is 14.4 Å². The van der Waals surface area contributed by atoms with E-state index in [1.54, 1.807) is 48.0 Å². The second kappa shape index (κ2) is 12.1. The van der Waals surface area contributed by atoms with Crippen LogP contribution in [0.4, 0.5) is 5.69 Å². The van der Waals surface area contributed by atoms with Gasteiger partial charge >= 0.3 is 5.97 Å². The lowest BCUT2D eigenvalue weighted by molar-refractivity contribution is -0.137. The van der Waals surface area contributed by atoms with Crippen LogP contribution in [0.15, 0.2) is 58.2 Å². The average molecular weight is 605 g/mol. The number of para-hydroxylation sites is 1. The van der Waals surface area contributed by atoms with Crippen molar-refractivity contribution >= 4 is 69.4 Å². The molecule has 0 bridgehead atoms. The number of carboxylic acid groups (broad SMARTS) is 1. The number of carboxylic acids is 1. The molecule has 2 aliphatic heterocycles. The van der Waals surface area contributed by atoms with E-state index in [4.69, 9.17) is 37.5 Å². The van der Waals surface area contributed by atoms with Gasteiger partial charge < -0.3 is 29.4 Å². The zero-order valence-corrected chi connectivity index (χ0v) is 23.9. The summed E-state index contributed by atoms with van der Waals surface area (Å²) in [5, 5.41) is 13.0. The number of rotatable bonds is 9. The summed E-state index contributed by atoms with van der Waals surface area (Å²) < 4.78 is 11.0. The van der Waals surface area contributed by atoms with Gasteiger partial charge in [0.15, 0.2) is 0 Å². The van der Waals surface area contributed by atoms with Gasteiger partial charge in [0.2, 0.25) is 5.91 Å². The lowest BCUT2D eigenvalue weighted by atomic mass is 10.1. The number of carbonyl (C=O) groups is 3. The van der Waals surface area contributed by atoms with Crippen LogP contribution < -0.4 is 5.32 Å². The van der Waals surface area contributed by atoms with Gasteiger partial charge in [-0.05, 0) is 30.2 Å². The fraction of sp³-hybridized carbons (Fsp3) is 0.321. The molecule has 3 aromatic rings. The van der Waals surface area contributed by atoms with Gasteiger partial charge in [-0.1, -0.05) is 41.4 Å². The predicted octanol–water partition coefficient (Wildman–Crippen LogP) is 5.82. The Balaban J connectivity index is 1.28. The molecule has 1 aromatic heterocycles. The van der Waals surface area contributed by atoms with Crippen molar-refractivity contribution < 1.29 is 28.6 Å². The average Bonchev–Trinajstić information content (AvgIpc) is 3.68. The van der Waals surface area contributed by atoms with Crippen LogP contribution in [-0.4, -0.2) is 64.5 Å². The summed E-state index contributed by atoms with van der Waals surface area (Å²) in [6.45, 7) is 0.428. The molecule has 9 nitrogen and oxygen atoms in total. The van der Waals surface area contributed by atoms with Crippen LogP contribution in [0.25, 0.3) is 11.0 Å². The minimum Gasteiger partial charge on any atom is -0.481 e. The summed E-state index contributed by atoms with van der Waals surface area (Å²) in [4.78, 5) is 42.2. The molecule has 0 saturated carbocycles. The number of carbonyl (C=O) groups excluding carboxylic acids is 2. The fourth-order valence-electron chi connectivity index (χ4n) is 4.91. The minimum absolute atomic E-state index is 0.0165. The fourth-order valence-corrected chi connectivity index (χ4v) is 6.40. The maximum Gasteiger partial charge on any atom is 0.303 e. The summed E-state index contributed by atoms with van der Waals surface area (Å²) in [5.74, 6) is -0.738. The van der Waals surface area contributed by atoms with Crippen LogP contribution in [-0.2, 0) is 20.7 Å². The topological polar surface area (TPSA) is 112 Å². The van der Waals surface area contributed by atoms with Crippen molar-refractivity contribution in [3.05, 3.63) is 74.9 Å². The normalized spacial score (nSPS) is 18.8. The molecule has 2 atom stereocenters. The van der Waals surface area contributed by atoms with Crippen molar-refractivity contribution in [3.63, 3.8) is 0 Å². The molecule has 12 heteroatoms. The summed E-state index contributed by atoms with van der Waals surface area (Å²) in [5.41, 5.74) is 1.83. The molecule has 1 saturated heterocycles. The van der Waals surface area contributed by atoms with Gasteiger partial charge in [-0.2, -0.15) is 0 Å². The number of hydrogen-bond acceptors (Lipinski definition) is 7. The summed E-state index contributed by atoms with van der Waals surface area (Å²) in [7, 11) is 1.62. The molecule has 210 valence electrons. The van der Waals surface area contributed by atoms with Gasteiger partial charge in [-0.3, -0.25) is 14.4 Å². The lowest BCUT2D eigenvalue weighted by Gasteiger charge is -2.32. The number of aliphatic carboxylic acids is 1. The first-order chi connectivity index (χ1) is 19.2. The molecular formula is C28H27Cl2N3O6S. The highest BCUT2D eigenvalue weighted by Crippen LogP contribution is 2.36. The van der Waals surface area contributed by atoms with E-state index in [0.717, 1.165) is 4.91 Å². The minimum atomic E-state index is -0.840. The molecule has 2 N–H and O–H groups in total. The summed E-state index contributed by atoms with van der Waals surface area (Å²) in [6.07, 6.45) is 4.17. The molecule has 0 spiro atoms. The standard InChI is InChI=1S/C28H27Cl2N3O6S/c1-38-17-10-25(32-13-18(40-15-32)6-7-27(35)36)33(12-17)26(34)9-16-8-22(30)23(11-21(16)29)31-28(37)20-14-39-24-5-3-2-4-19(20)24/h2-5,8,11,13-14,17,25H,6-7,9-10,12,15H2,1H3,(H,31,37)(H,35,36)/t17-,25?/m0/s1. The number of fused-ring (bicyclic) bond motifs is 1. The number of furan rings is 1. The molecule has 2 aliphatic rings. The number of nitrogens with zero attached hydrogens (tertiary/aromatic N) is 2. The zero-order chi connectivity index (χ0) is 28.4. The summed E-state index contributed by atoms with van der Waals surface area (Å²) in [6, 6.07) is 10.4. The van der Waals surface area contributed by atoms with Gasteiger partial charge in [-0.15, -0.1) is 11.8 Å². The molecule has 2 amide bonds. The number of nitrogens with one attached hydrogen (secondary N) is 1. The maximum atomic E-state index is 13.5. The molecule has 1 unspecified atom stereocenters. The number of allylic oxidation sites excluding steroid dienone is 1. The van der Waals surface area contributed by atoms with Gasteiger partial charge in [-0.25, -0.2) is 0 Å². The van der Waals surface area contributed by atoms with Crippen molar-refractivity contribution in [2.45, 2.75) is 38.0 Å². The number of ether oxygens (including phenoxy) is 1. The Labute approximate surface area is 245 Å². The molecule has 5 rings (SSSR count). The highest BCUT2D eigenvalue weighted by molar-refractivity contribution is 8.03. The monoisotopic (exact) mass is 603 g/mol. The number of hydrogen-bond donors (Lipinski definition) is 2. The van der Waals surface area contributed by atoms with Crippen LogP contribution in [0.3, 0.4) is 0 Å². The number of methoxy groups -OCH3 is 1. The second-order valence-corrected chi connectivity index (χ2v) is 11.5. The van der Waals surface area contributed by atoms with E-state index in [-0.39, 0.29) is 36.0 Å². The SMILES string of the molecule is CO[C@H]1CC(N2C=C(CCC(=O)O)SC2)N(C(=O)Cc2cc(Cl)c(NC(=O)c3coc4ccccc34)cc2Cl)C1. The lowest BCUT2D eigenvalue weighted by Crippen LogP contribution is -2.44. The van der Waals surface area contributed by atoms with Gasteiger partial charge in [0.1, 0.15) is 18.0 Å². The van der Waals surface area contributed by atoms with Crippen molar-refractivity contribution in [2.75, 3.05) is 24.8 Å². The van der Waals surface area contributed by atoms with E-state index in [0.29, 0.717) is 58.1 Å². The van der Waals surface area contributed by atoms with E-state index >= 15 is 0 Å². The smallest absolute Gasteiger partial charge is 0.303 e. The van der Waals surface area contributed by atoms with Crippen LogP contribution >= 0.6 is 35.0 Å². The predicted molar refractivity (Wildman–Crippen MR) is 154 cm³/mol. The Morgan fingerprint density at radius 1 is 1.20 bits per heavy atom. The first-order valence-corrected chi connectivity index (χ1v) is 14.4. The van der Waals surface area contributed by atoms with Crippen molar-refractivity contribution in [1.82, 2.24) is 9.80 Å². The molecule has 0 radical (unpaired) electrons. The Hall–Kier alpha value is -3.18. The highest BCUT2D eigenvalue weighted by atomic mass is 35.5. The third kappa shape index (κ3) is 6.10. The molecule has 3 heterocycles. The molecular weight excluding hydrogens is 577 g/mol. The third-order valence-electron chi connectivity index (χ3n) is 7.02. The Bertz CT molecular complexity index is 1490. The summed E-state index contributed by atoms with van der Waals surface area (Å²) >= 11 is 14.7. The van der Waals surface area contributed by atoms with Crippen LogP contribution in [0.1, 0.15) is 35.2 Å². The molecule has 40 heavy (non-hydrogen) atoms. The number of anilines is 1. The van der Waals surface area contributed by atoms with E-state index in [1.165, 1.54) is 6.26 Å². The Morgan fingerprint density at radius 2 is 2.00 bits per heavy atom. The number of amides is 2. The zero-order valence-electron chi connectivity index (χ0n) is 21.6. The number of thioether (sulfide) groups is 1. The van der Waals surface area contributed by atoms with E-state index in [2.05, 4.69) is 10.2 Å². The van der Waals surface area contributed by atoms with Gasteiger partial charge in [0, 0.05) is 48.0 Å². The van der Waals surface area contributed by atoms with E-state index in [1.807, 2.05) is 18.3 Å². The molecule has 1 fully saturated rings. The number of likely N-dealkylation sites (tertiary alicyclic amines) is 1. The molecule has 2 aromatic carbocycles. The van der Waals surface area contributed by atoms with Crippen LogP contribution in [0.2, 0.25) is 10.0 Å². The maximum absolute atomic E-state index is 13.5. The Kier molecular flexibility index (Phi) is 8.60. The van der Waals surface area contributed by atoms with Crippen LogP contribution in [0, 0.1) is 0 Å². The largest absolute Gasteiger partial charge is 0.481 e. The van der Waals surface area contributed by atoms with Crippen LogP contribution in [0.5, 0.6) is 0 Å². The number of halogens is 2. The molecule has 0 aliphatic carbocycles. The number of benzene rings is 2. The first-order valence-electron chi connectivity index (χ1n) is 12.6. The van der Waals surface area contributed by atoms with Crippen molar-refractivity contribution in [2.24, 2.45) is 0 Å². The van der Waals surface area contributed by atoms with E-state index < -0.39 is 11.9 Å². The third-order valence-corrected chi connectivity index (χ3v) is 8.79. The highest BCUT2D eigenvalue weighted by Gasteiger charge is 2.39. The quantitative estimate of drug-likeness (QED) is 0.314. The van der Waals surface area contributed by atoms with Crippen molar-refractivity contribution in [3.8, 4) is 0 Å². The first kappa shape index (κ1) is 28.4.